The lowest BCUT2D eigenvalue weighted by Gasteiger charge is -2.08. The number of hydrogen-bond donors (Lipinski definition) is 2. The molecule has 0 aliphatic rings. The van der Waals surface area contributed by atoms with Gasteiger partial charge in [0, 0.05) is 0 Å². The Hall–Kier alpha value is -1.57. The molecule has 0 aliphatic carbocycles. The van der Waals surface area contributed by atoms with Crippen molar-refractivity contribution in [1.82, 2.24) is 0 Å². The van der Waals surface area contributed by atoms with Crippen LogP contribution >= 0.6 is 11.3 Å². The molecule has 1 aromatic heterocycles. The number of aryl methyl sites for hydroxylation is 1. The lowest BCUT2D eigenvalue weighted by atomic mass is 10.2. The monoisotopic (exact) mass is 253 g/mol. The van der Waals surface area contributed by atoms with E-state index in [9.17, 15) is 22.8 Å². The molecule has 2 N–H and O–H groups in total. The smallest absolute Gasteiger partial charge is 0.471 e. The minimum atomic E-state index is -5.04. The summed E-state index contributed by atoms with van der Waals surface area (Å²) in [7, 11) is 0. The van der Waals surface area contributed by atoms with Crippen molar-refractivity contribution in [3.63, 3.8) is 0 Å². The SMILES string of the molecule is Cc1csc(C(=O)O)c1NC(=O)C(F)(F)F. The van der Waals surface area contributed by atoms with Crippen LogP contribution in [0, 0.1) is 6.92 Å². The van der Waals surface area contributed by atoms with Crippen LogP contribution in [-0.4, -0.2) is 23.2 Å². The molecule has 0 aliphatic heterocycles. The van der Waals surface area contributed by atoms with Crippen molar-refractivity contribution in [2.24, 2.45) is 0 Å². The Labute approximate surface area is 91.7 Å². The zero-order valence-electron chi connectivity index (χ0n) is 7.88. The molecule has 0 saturated carbocycles. The highest BCUT2D eigenvalue weighted by molar-refractivity contribution is 7.12. The van der Waals surface area contributed by atoms with E-state index in [-0.39, 0.29) is 16.1 Å². The summed E-state index contributed by atoms with van der Waals surface area (Å²) in [6, 6.07) is 0. The second-order valence-electron chi connectivity index (χ2n) is 2.88. The number of rotatable bonds is 2. The maximum atomic E-state index is 11.9. The number of hydrogen-bond acceptors (Lipinski definition) is 3. The first-order valence-electron chi connectivity index (χ1n) is 3.93. The van der Waals surface area contributed by atoms with Crippen molar-refractivity contribution in [3.8, 4) is 0 Å². The summed E-state index contributed by atoms with van der Waals surface area (Å²) in [5.41, 5.74) is -0.0279. The van der Waals surface area contributed by atoms with Crippen LogP contribution in [0.2, 0.25) is 0 Å². The van der Waals surface area contributed by atoms with E-state index in [4.69, 9.17) is 5.11 Å². The number of carboxylic acids is 1. The van der Waals surface area contributed by atoms with E-state index < -0.39 is 18.1 Å². The third-order valence-electron chi connectivity index (χ3n) is 1.67. The fraction of sp³-hybridized carbons (Fsp3) is 0.250. The van der Waals surface area contributed by atoms with E-state index >= 15 is 0 Å². The van der Waals surface area contributed by atoms with Crippen LogP contribution in [-0.2, 0) is 4.79 Å². The van der Waals surface area contributed by atoms with E-state index in [0.29, 0.717) is 0 Å². The van der Waals surface area contributed by atoms with Crippen molar-refractivity contribution < 1.29 is 27.9 Å². The van der Waals surface area contributed by atoms with Gasteiger partial charge in [-0.05, 0) is 17.9 Å². The number of amides is 1. The number of alkyl halides is 3. The summed E-state index contributed by atoms with van der Waals surface area (Å²) < 4.78 is 35.8. The minimum absolute atomic E-state index is 0.278. The third kappa shape index (κ3) is 2.51. The molecule has 4 nitrogen and oxygen atoms in total. The Kier molecular flexibility index (Phi) is 3.22. The largest absolute Gasteiger partial charge is 0.477 e. The summed E-state index contributed by atoms with van der Waals surface area (Å²) in [5.74, 6) is -3.56. The Balaban J connectivity index is 3.02. The van der Waals surface area contributed by atoms with Gasteiger partial charge in [-0.1, -0.05) is 0 Å². The molecule has 1 rings (SSSR count). The summed E-state index contributed by atoms with van der Waals surface area (Å²) in [4.78, 5) is 21.0. The first-order valence-corrected chi connectivity index (χ1v) is 4.81. The average Bonchev–Trinajstić information content (AvgIpc) is 2.46. The second kappa shape index (κ2) is 4.12. The first-order chi connectivity index (χ1) is 7.23. The lowest BCUT2D eigenvalue weighted by molar-refractivity contribution is -0.167. The van der Waals surface area contributed by atoms with Gasteiger partial charge in [0.1, 0.15) is 4.88 Å². The van der Waals surface area contributed by atoms with Crippen LogP contribution < -0.4 is 5.32 Å². The number of aromatic carboxylic acids is 1. The maximum Gasteiger partial charge on any atom is 0.471 e. The molecule has 0 radical (unpaired) electrons. The number of carbonyl (C=O) groups excluding carboxylic acids is 1. The van der Waals surface area contributed by atoms with Gasteiger partial charge in [0.15, 0.2) is 0 Å². The van der Waals surface area contributed by atoms with Gasteiger partial charge in [-0.25, -0.2) is 4.79 Å². The van der Waals surface area contributed by atoms with Gasteiger partial charge >= 0.3 is 18.1 Å². The van der Waals surface area contributed by atoms with Crippen LogP contribution in [0.3, 0.4) is 0 Å². The summed E-state index contributed by atoms with van der Waals surface area (Å²) in [6.07, 6.45) is -5.04. The van der Waals surface area contributed by atoms with Gasteiger partial charge in [0.05, 0.1) is 5.69 Å². The molecule has 0 fully saturated rings. The van der Waals surface area contributed by atoms with Gasteiger partial charge in [-0.3, -0.25) is 4.79 Å². The molecule has 0 bridgehead atoms. The molecule has 0 unspecified atom stereocenters. The number of anilines is 1. The first kappa shape index (κ1) is 12.5. The molecule has 8 heteroatoms. The van der Waals surface area contributed by atoms with Crippen LogP contribution in [0.5, 0.6) is 0 Å². The highest BCUT2D eigenvalue weighted by atomic mass is 32.1. The van der Waals surface area contributed by atoms with Gasteiger partial charge in [-0.2, -0.15) is 13.2 Å². The standard InChI is InChI=1S/C8H6F3NO3S/c1-3-2-16-5(6(13)14)4(3)12-7(15)8(9,10)11/h2H,1H3,(H,12,15)(H,13,14). The molecule has 1 heterocycles. The molecule has 0 aromatic carbocycles. The molecule has 0 spiro atoms. The molecule has 0 atom stereocenters. The van der Waals surface area contributed by atoms with E-state index in [1.165, 1.54) is 12.3 Å². The quantitative estimate of drug-likeness (QED) is 0.849. The Bertz CT molecular complexity index is 438. The molecule has 1 aromatic rings. The number of carbonyl (C=O) groups is 2. The van der Waals surface area contributed by atoms with E-state index in [2.05, 4.69) is 0 Å². The third-order valence-corrected chi connectivity index (χ3v) is 2.75. The zero-order valence-corrected chi connectivity index (χ0v) is 8.70. The fourth-order valence-corrected chi connectivity index (χ4v) is 1.78. The van der Waals surface area contributed by atoms with Crippen molar-refractivity contribution in [2.45, 2.75) is 13.1 Å². The van der Waals surface area contributed by atoms with Crippen LogP contribution in [0.25, 0.3) is 0 Å². The number of thiophene rings is 1. The minimum Gasteiger partial charge on any atom is -0.477 e. The number of nitrogens with one attached hydrogen (secondary N) is 1. The molecule has 16 heavy (non-hydrogen) atoms. The normalized spacial score (nSPS) is 11.2. The van der Waals surface area contributed by atoms with Gasteiger partial charge < -0.3 is 10.4 Å². The molecular formula is C8H6F3NO3S. The predicted molar refractivity (Wildman–Crippen MR) is 50.7 cm³/mol. The lowest BCUT2D eigenvalue weighted by Crippen LogP contribution is -2.30. The van der Waals surface area contributed by atoms with Crippen molar-refractivity contribution >= 4 is 28.9 Å². The van der Waals surface area contributed by atoms with E-state index in [0.717, 1.165) is 11.3 Å². The zero-order chi connectivity index (χ0) is 12.5. The predicted octanol–water partition coefficient (Wildman–Crippen LogP) is 2.26. The number of halogens is 3. The van der Waals surface area contributed by atoms with Gasteiger partial charge in [-0.15, -0.1) is 11.3 Å². The number of carboxylic acid groups (broad SMARTS) is 1. The summed E-state index contributed by atoms with van der Waals surface area (Å²) >= 11 is 0.755. The molecule has 0 saturated heterocycles. The Morgan fingerprint density at radius 2 is 2.00 bits per heavy atom. The van der Waals surface area contributed by atoms with Crippen LogP contribution in [0.15, 0.2) is 5.38 Å². The summed E-state index contributed by atoms with van der Waals surface area (Å²) in [6.45, 7) is 1.41. The average molecular weight is 253 g/mol. The summed E-state index contributed by atoms with van der Waals surface area (Å²) in [5, 5.41) is 11.6. The highest BCUT2D eigenvalue weighted by Gasteiger charge is 2.39. The van der Waals surface area contributed by atoms with Crippen LogP contribution in [0.4, 0.5) is 18.9 Å². The Morgan fingerprint density at radius 3 is 2.44 bits per heavy atom. The topological polar surface area (TPSA) is 66.4 Å². The Morgan fingerprint density at radius 1 is 1.44 bits per heavy atom. The fourth-order valence-electron chi connectivity index (χ4n) is 0.941. The van der Waals surface area contributed by atoms with Crippen molar-refractivity contribution in [3.05, 3.63) is 15.8 Å². The van der Waals surface area contributed by atoms with E-state index in [1.54, 1.807) is 5.32 Å². The second-order valence-corrected chi connectivity index (χ2v) is 3.76. The van der Waals surface area contributed by atoms with Gasteiger partial charge in [0.2, 0.25) is 0 Å². The van der Waals surface area contributed by atoms with Gasteiger partial charge in [0.25, 0.3) is 0 Å². The molecule has 88 valence electrons. The highest BCUT2D eigenvalue weighted by Crippen LogP contribution is 2.29. The van der Waals surface area contributed by atoms with Crippen molar-refractivity contribution in [2.75, 3.05) is 5.32 Å². The molecule has 1 amide bonds. The molecular weight excluding hydrogens is 247 g/mol. The van der Waals surface area contributed by atoms with Crippen LogP contribution in [0.1, 0.15) is 15.2 Å². The maximum absolute atomic E-state index is 11.9. The van der Waals surface area contributed by atoms with E-state index in [1.807, 2.05) is 0 Å². The van der Waals surface area contributed by atoms with Crippen molar-refractivity contribution in [1.29, 1.82) is 0 Å².